The molecule has 6 nitrogen and oxygen atoms in total. The third-order valence-electron chi connectivity index (χ3n) is 2.78. The van der Waals surface area contributed by atoms with Crippen LogP contribution in [0.15, 0.2) is 36.7 Å². The SMILES string of the molecule is COc1ccc(CNc2cc(N(C)C#N)ncn2)cc1. The van der Waals surface area contributed by atoms with Crippen molar-refractivity contribution < 1.29 is 4.74 Å². The maximum atomic E-state index is 8.82. The van der Waals surface area contributed by atoms with Gasteiger partial charge in [0.05, 0.1) is 7.11 Å². The molecule has 1 heterocycles. The molecule has 0 saturated heterocycles. The second-order valence-electron chi connectivity index (χ2n) is 4.12. The first-order chi connectivity index (χ1) is 9.72. The van der Waals surface area contributed by atoms with Gasteiger partial charge in [0.15, 0.2) is 6.19 Å². The van der Waals surface area contributed by atoms with E-state index in [0.29, 0.717) is 18.2 Å². The lowest BCUT2D eigenvalue weighted by Gasteiger charge is -2.10. The summed E-state index contributed by atoms with van der Waals surface area (Å²) in [6.07, 6.45) is 3.43. The third kappa shape index (κ3) is 3.36. The van der Waals surface area contributed by atoms with Crippen LogP contribution >= 0.6 is 0 Å². The Bertz CT molecular complexity index is 606. The van der Waals surface area contributed by atoms with E-state index < -0.39 is 0 Å². The Morgan fingerprint density at radius 3 is 2.70 bits per heavy atom. The van der Waals surface area contributed by atoms with E-state index in [-0.39, 0.29) is 0 Å². The maximum absolute atomic E-state index is 8.82. The lowest BCUT2D eigenvalue weighted by Crippen LogP contribution is -2.11. The number of nitriles is 1. The van der Waals surface area contributed by atoms with Crippen molar-refractivity contribution in [3.05, 3.63) is 42.2 Å². The van der Waals surface area contributed by atoms with Crippen LogP contribution in [0.2, 0.25) is 0 Å². The fourth-order valence-electron chi connectivity index (χ4n) is 1.61. The molecule has 1 N–H and O–H groups in total. The van der Waals surface area contributed by atoms with Crippen LogP contribution in [-0.2, 0) is 6.54 Å². The van der Waals surface area contributed by atoms with E-state index in [1.54, 1.807) is 20.2 Å². The molecule has 1 aromatic carbocycles. The number of methoxy groups -OCH3 is 1. The average Bonchev–Trinajstić information content (AvgIpc) is 2.53. The highest BCUT2D eigenvalue weighted by molar-refractivity contribution is 5.50. The first kappa shape index (κ1) is 13.6. The zero-order chi connectivity index (χ0) is 14.4. The van der Waals surface area contributed by atoms with Gasteiger partial charge in [-0.3, -0.25) is 4.90 Å². The van der Waals surface area contributed by atoms with E-state index in [1.807, 2.05) is 30.5 Å². The Labute approximate surface area is 117 Å². The molecule has 102 valence electrons. The quantitative estimate of drug-likeness (QED) is 0.661. The molecule has 0 fully saturated rings. The van der Waals surface area contributed by atoms with Gasteiger partial charge < -0.3 is 10.1 Å². The van der Waals surface area contributed by atoms with Gasteiger partial charge in [-0.2, -0.15) is 5.26 Å². The Hall–Kier alpha value is -2.81. The molecule has 0 amide bonds. The molecule has 0 atom stereocenters. The fourth-order valence-corrected chi connectivity index (χ4v) is 1.61. The molecule has 1 aromatic heterocycles. The molecule has 0 aliphatic heterocycles. The normalized spacial score (nSPS) is 9.65. The second-order valence-corrected chi connectivity index (χ2v) is 4.12. The number of hydrogen-bond acceptors (Lipinski definition) is 6. The number of anilines is 2. The summed E-state index contributed by atoms with van der Waals surface area (Å²) in [4.78, 5) is 9.52. The van der Waals surface area contributed by atoms with Crippen LogP contribution in [0.25, 0.3) is 0 Å². The first-order valence-electron chi connectivity index (χ1n) is 6.05. The van der Waals surface area contributed by atoms with Gasteiger partial charge in [-0.05, 0) is 17.7 Å². The number of hydrogen-bond donors (Lipinski definition) is 1. The van der Waals surface area contributed by atoms with Crippen LogP contribution in [0.5, 0.6) is 5.75 Å². The molecule has 0 saturated carbocycles. The van der Waals surface area contributed by atoms with Crippen molar-refractivity contribution in [1.82, 2.24) is 9.97 Å². The van der Waals surface area contributed by atoms with Crippen LogP contribution in [0.1, 0.15) is 5.56 Å². The summed E-state index contributed by atoms with van der Waals surface area (Å²) in [6.45, 7) is 0.636. The van der Waals surface area contributed by atoms with Crippen LogP contribution in [0.4, 0.5) is 11.6 Å². The molecule has 6 heteroatoms. The summed E-state index contributed by atoms with van der Waals surface area (Å²) in [6, 6.07) is 9.51. The van der Waals surface area contributed by atoms with Crippen LogP contribution in [0, 0.1) is 11.5 Å². The minimum atomic E-state index is 0.555. The van der Waals surface area contributed by atoms with Gasteiger partial charge in [0.25, 0.3) is 0 Å². The van der Waals surface area contributed by atoms with E-state index >= 15 is 0 Å². The van der Waals surface area contributed by atoms with Crippen molar-refractivity contribution in [2.75, 3.05) is 24.4 Å². The number of ether oxygens (including phenoxy) is 1. The molecular formula is C14H15N5O. The Morgan fingerprint density at radius 2 is 2.05 bits per heavy atom. The molecule has 20 heavy (non-hydrogen) atoms. The zero-order valence-electron chi connectivity index (χ0n) is 11.4. The molecule has 0 bridgehead atoms. The molecule has 0 unspecified atom stereocenters. The summed E-state index contributed by atoms with van der Waals surface area (Å²) in [5, 5.41) is 12.0. The Morgan fingerprint density at radius 1 is 1.30 bits per heavy atom. The lowest BCUT2D eigenvalue weighted by atomic mass is 10.2. The smallest absolute Gasteiger partial charge is 0.185 e. The highest BCUT2D eigenvalue weighted by atomic mass is 16.5. The largest absolute Gasteiger partial charge is 0.497 e. The van der Waals surface area contributed by atoms with Crippen LogP contribution in [0.3, 0.4) is 0 Å². The van der Waals surface area contributed by atoms with Gasteiger partial charge in [0, 0.05) is 19.7 Å². The monoisotopic (exact) mass is 269 g/mol. The first-order valence-corrected chi connectivity index (χ1v) is 6.05. The standard InChI is InChI=1S/C14H15N5O/c1-19(9-15)14-7-13(17-10-18-14)16-8-11-3-5-12(20-2)6-4-11/h3-7,10H,8H2,1-2H3,(H,16,17,18). The van der Waals surface area contributed by atoms with Crippen LogP contribution < -0.4 is 15.0 Å². The molecule has 2 aromatic rings. The van der Waals surface area contributed by atoms with E-state index in [9.17, 15) is 0 Å². The van der Waals surface area contributed by atoms with E-state index in [1.165, 1.54) is 11.2 Å². The number of nitrogens with one attached hydrogen (secondary N) is 1. The predicted molar refractivity (Wildman–Crippen MR) is 76.4 cm³/mol. The Kier molecular flexibility index (Phi) is 4.35. The summed E-state index contributed by atoms with van der Waals surface area (Å²) < 4.78 is 5.11. The van der Waals surface area contributed by atoms with Crippen molar-refractivity contribution in [2.45, 2.75) is 6.54 Å². The highest BCUT2D eigenvalue weighted by Gasteiger charge is 2.03. The Balaban J connectivity index is 2.01. The summed E-state index contributed by atoms with van der Waals surface area (Å²) >= 11 is 0. The molecule has 0 spiro atoms. The van der Waals surface area contributed by atoms with Gasteiger partial charge in [-0.25, -0.2) is 9.97 Å². The van der Waals surface area contributed by atoms with Gasteiger partial charge in [0.1, 0.15) is 23.7 Å². The van der Waals surface area contributed by atoms with E-state index in [2.05, 4.69) is 15.3 Å². The molecule has 0 aliphatic carbocycles. The van der Waals surface area contributed by atoms with Crippen molar-refractivity contribution in [1.29, 1.82) is 5.26 Å². The summed E-state index contributed by atoms with van der Waals surface area (Å²) in [5.41, 5.74) is 1.11. The second kappa shape index (κ2) is 6.38. The number of aromatic nitrogens is 2. The fraction of sp³-hybridized carbons (Fsp3) is 0.214. The zero-order valence-corrected chi connectivity index (χ0v) is 11.4. The van der Waals surface area contributed by atoms with E-state index in [4.69, 9.17) is 10.00 Å². The topological polar surface area (TPSA) is 74.1 Å². The number of rotatable bonds is 5. The summed E-state index contributed by atoms with van der Waals surface area (Å²) in [7, 11) is 3.29. The lowest BCUT2D eigenvalue weighted by molar-refractivity contribution is 0.414. The minimum Gasteiger partial charge on any atom is -0.497 e. The molecular weight excluding hydrogens is 254 g/mol. The predicted octanol–water partition coefficient (Wildman–Crippen LogP) is 2.01. The van der Waals surface area contributed by atoms with Gasteiger partial charge in [-0.15, -0.1) is 0 Å². The van der Waals surface area contributed by atoms with Crippen LogP contribution in [-0.4, -0.2) is 24.1 Å². The molecule has 2 rings (SSSR count). The van der Waals surface area contributed by atoms with E-state index in [0.717, 1.165) is 11.3 Å². The van der Waals surface area contributed by atoms with Crippen molar-refractivity contribution >= 4 is 11.6 Å². The van der Waals surface area contributed by atoms with Crippen molar-refractivity contribution in [2.24, 2.45) is 0 Å². The van der Waals surface area contributed by atoms with Crippen molar-refractivity contribution in [3.8, 4) is 11.9 Å². The van der Waals surface area contributed by atoms with Gasteiger partial charge in [0.2, 0.25) is 0 Å². The highest BCUT2D eigenvalue weighted by Crippen LogP contribution is 2.15. The maximum Gasteiger partial charge on any atom is 0.185 e. The third-order valence-corrected chi connectivity index (χ3v) is 2.78. The number of nitrogens with zero attached hydrogens (tertiary/aromatic N) is 4. The average molecular weight is 269 g/mol. The van der Waals surface area contributed by atoms with Gasteiger partial charge in [-0.1, -0.05) is 12.1 Å². The summed E-state index contributed by atoms with van der Waals surface area (Å²) in [5.74, 6) is 2.06. The van der Waals surface area contributed by atoms with Crippen molar-refractivity contribution in [3.63, 3.8) is 0 Å². The molecule has 0 aliphatic rings. The van der Waals surface area contributed by atoms with Gasteiger partial charge >= 0.3 is 0 Å². The minimum absolute atomic E-state index is 0.555. The number of benzene rings is 1. The molecule has 0 radical (unpaired) electrons.